The van der Waals surface area contributed by atoms with Gasteiger partial charge in [-0.05, 0) is 32.6 Å². The summed E-state index contributed by atoms with van der Waals surface area (Å²) < 4.78 is 0. The first kappa shape index (κ1) is 16.4. The van der Waals surface area contributed by atoms with E-state index >= 15 is 0 Å². The molecule has 4 heteroatoms. The number of rotatable bonds is 8. The maximum Gasteiger partial charge on any atom is 0.223 e. The minimum Gasteiger partial charge on any atom is -0.396 e. The molecule has 0 bridgehead atoms. The summed E-state index contributed by atoms with van der Waals surface area (Å²) in [6.45, 7) is 7.86. The highest BCUT2D eigenvalue weighted by Crippen LogP contribution is 2.10. The SMILES string of the molecule is CC(N)CCCC(C)C(=O)NC(C)C(C)CO. The van der Waals surface area contributed by atoms with Gasteiger partial charge in [0.25, 0.3) is 0 Å². The minimum atomic E-state index is 0.0158. The zero-order valence-corrected chi connectivity index (χ0v) is 11.6. The van der Waals surface area contributed by atoms with Crippen molar-refractivity contribution >= 4 is 5.91 Å². The normalized spacial score (nSPS) is 18.2. The number of hydrogen-bond acceptors (Lipinski definition) is 3. The van der Waals surface area contributed by atoms with Gasteiger partial charge in [-0.2, -0.15) is 0 Å². The van der Waals surface area contributed by atoms with Crippen molar-refractivity contribution in [2.45, 2.75) is 59.0 Å². The van der Waals surface area contributed by atoms with Crippen LogP contribution in [0.15, 0.2) is 0 Å². The summed E-state index contributed by atoms with van der Waals surface area (Å²) in [5.74, 6) is 0.180. The van der Waals surface area contributed by atoms with Crippen LogP contribution in [-0.2, 0) is 4.79 Å². The molecular weight excluding hydrogens is 216 g/mol. The van der Waals surface area contributed by atoms with Gasteiger partial charge in [-0.1, -0.05) is 20.3 Å². The monoisotopic (exact) mass is 244 g/mol. The van der Waals surface area contributed by atoms with E-state index in [1.165, 1.54) is 0 Å². The van der Waals surface area contributed by atoms with Crippen LogP contribution in [0, 0.1) is 11.8 Å². The van der Waals surface area contributed by atoms with Gasteiger partial charge < -0.3 is 16.2 Å². The van der Waals surface area contributed by atoms with Crippen LogP contribution >= 0.6 is 0 Å². The summed E-state index contributed by atoms with van der Waals surface area (Å²) in [5.41, 5.74) is 5.66. The molecule has 0 saturated carbocycles. The van der Waals surface area contributed by atoms with Crippen molar-refractivity contribution in [3.05, 3.63) is 0 Å². The van der Waals surface area contributed by atoms with E-state index in [2.05, 4.69) is 5.32 Å². The third kappa shape index (κ3) is 7.34. The summed E-state index contributed by atoms with van der Waals surface area (Å²) >= 11 is 0. The lowest BCUT2D eigenvalue weighted by atomic mass is 9.99. The lowest BCUT2D eigenvalue weighted by Crippen LogP contribution is -2.41. The first-order valence-electron chi connectivity index (χ1n) is 6.55. The van der Waals surface area contributed by atoms with Crippen molar-refractivity contribution < 1.29 is 9.90 Å². The molecule has 0 aliphatic carbocycles. The fraction of sp³-hybridized carbons (Fsp3) is 0.923. The predicted octanol–water partition coefficient (Wildman–Crippen LogP) is 1.27. The Morgan fingerprint density at radius 2 is 1.82 bits per heavy atom. The van der Waals surface area contributed by atoms with Crippen LogP contribution in [0.3, 0.4) is 0 Å². The molecule has 0 spiro atoms. The molecule has 0 heterocycles. The van der Waals surface area contributed by atoms with Gasteiger partial charge in [0.15, 0.2) is 0 Å². The van der Waals surface area contributed by atoms with Crippen LogP contribution in [0.25, 0.3) is 0 Å². The van der Waals surface area contributed by atoms with Crippen molar-refractivity contribution in [3.8, 4) is 0 Å². The Balaban J connectivity index is 3.89. The van der Waals surface area contributed by atoms with Gasteiger partial charge in [-0.15, -0.1) is 0 Å². The summed E-state index contributed by atoms with van der Waals surface area (Å²) in [5, 5.41) is 11.9. The third-order valence-corrected chi connectivity index (χ3v) is 3.26. The van der Waals surface area contributed by atoms with Crippen molar-refractivity contribution in [1.29, 1.82) is 0 Å². The van der Waals surface area contributed by atoms with E-state index in [1.807, 2.05) is 27.7 Å². The number of carbonyl (C=O) groups excluding carboxylic acids is 1. The second-order valence-corrected chi connectivity index (χ2v) is 5.27. The molecule has 4 N–H and O–H groups in total. The molecule has 0 aromatic rings. The number of hydrogen-bond donors (Lipinski definition) is 3. The fourth-order valence-electron chi connectivity index (χ4n) is 1.54. The third-order valence-electron chi connectivity index (χ3n) is 3.26. The molecular formula is C13H28N2O2. The molecule has 0 aliphatic rings. The highest BCUT2D eigenvalue weighted by molar-refractivity contribution is 5.78. The molecule has 0 fully saturated rings. The molecule has 4 unspecified atom stereocenters. The van der Waals surface area contributed by atoms with Crippen molar-refractivity contribution in [2.75, 3.05) is 6.61 Å². The van der Waals surface area contributed by atoms with Crippen LogP contribution in [-0.4, -0.2) is 29.7 Å². The molecule has 17 heavy (non-hydrogen) atoms. The first-order chi connectivity index (χ1) is 7.88. The Bertz CT molecular complexity index is 219. The molecule has 1 amide bonds. The second-order valence-electron chi connectivity index (χ2n) is 5.27. The van der Waals surface area contributed by atoms with E-state index in [0.717, 1.165) is 19.3 Å². The lowest BCUT2D eigenvalue weighted by molar-refractivity contribution is -0.125. The number of aliphatic hydroxyl groups excluding tert-OH is 1. The van der Waals surface area contributed by atoms with E-state index in [1.54, 1.807) is 0 Å². The quantitative estimate of drug-likeness (QED) is 0.602. The Kier molecular flexibility index (Phi) is 8.17. The highest BCUT2D eigenvalue weighted by atomic mass is 16.3. The summed E-state index contributed by atoms with van der Waals surface area (Å²) in [7, 11) is 0. The summed E-state index contributed by atoms with van der Waals surface area (Å²) in [6, 6.07) is 0.224. The Morgan fingerprint density at radius 3 is 2.29 bits per heavy atom. The maximum absolute atomic E-state index is 11.8. The predicted molar refractivity (Wildman–Crippen MR) is 70.5 cm³/mol. The average molecular weight is 244 g/mol. The lowest BCUT2D eigenvalue weighted by Gasteiger charge is -2.21. The largest absolute Gasteiger partial charge is 0.396 e. The number of nitrogens with one attached hydrogen (secondary N) is 1. The van der Waals surface area contributed by atoms with Gasteiger partial charge >= 0.3 is 0 Å². The van der Waals surface area contributed by atoms with Gasteiger partial charge in [0.1, 0.15) is 0 Å². The zero-order chi connectivity index (χ0) is 13.4. The fourth-order valence-corrected chi connectivity index (χ4v) is 1.54. The molecule has 0 radical (unpaired) electrons. The van der Waals surface area contributed by atoms with Crippen molar-refractivity contribution in [2.24, 2.45) is 17.6 Å². The average Bonchev–Trinajstić information content (AvgIpc) is 2.26. The molecule has 102 valence electrons. The van der Waals surface area contributed by atoms with Gasteiger partial charge in [0, 0.05) is 24.6 Å². The van der Waals surface area contributed by atoms with Crippen LogP contribution < -0.4 is 11.1 Å². The first-order valence-corrected chi connectivity index (χ1v) is 6.55. The summed E-state index contributed by atoms with van der Waals surface area (Å²) in [4.78, 5) is 11.8. The number of carbonyl (C=O) groups is 1. The minimum absolute atomic E-state index is 0.0158. The van der Waals surface area contributed by atoms with E-state index in [9.17, 15) is 4.79 Å². The topological polar surface area (TPSA) is 75.4 Å². The van der Waals surface area contributed by atoms with Crippen molar-refractivity contribution in [1.82, 2.24) is 5.32 Å². The van der Waals surface area contributed by atoms with Crippen molar-refractivity contribution in [3.63, 3.8) is 0 Å². The van der Waals surface area contributed by atoms with Gasteiger partial charge in [-0.25, -0.2) is 0 Å². The van der Waals surface area contributed by atoms with Gasteiger partial charge in [-0.3, -0.25) is 4.79 Å². The number of aliphatic hydroxyl groups is 1. The second kappa shape index (κ2) is 8.48. The van der Waals surface area contributed by atoms with Crippen LogP contribution in [0.2, 0.25) is 0 Å². The Hall–Kier alpha value is -0.610. The van der Waals surface area contributed by atoms with Crippen LogP contribution in [0.1, 0.15) is 47.0 Å². The van der Waals surface area contributed by atoms with Crippen LogP contribution in [0.4, 0.5) is 0 Å². The summed E-state index contributed by atoms with van der Waals surface area (Å²) in [6.07, 6.45) is 2.81. The number of amides is 1. The molecule has 4 nitrogen and oxygen atoms in total. The van der Waals surface area contributed by atoms with Gasteiger partial charge in [0.05, 0.1) is 0 Å². The van der Waals surface area contributed by atoms with E-state index in [4.69, 9.17) is 10.8 Å². The van der Waals surface area contributed by atoms with Crippen LogP contribution in [0.5, 0.6) is 0 Å². The Morgan fingerprint density at radius 1 is 1.24 bits per heavy atom. The molecule has 0 saturated heterocycles. The van der Waals surface area contributed by atoms with E-state index in [0.29, 0.717) is 0 Å². The highest BCUT2D eigenvalue weighted by Gasteiger charge is 2.18. The molecule has 0 aromatic heterocycles. The van der Waals surface area contributed by atoms with E-state index < -0.39 is 0 Å². The Labute approximate surface area is 105 Å². The molecule has 0 aliphatic heterocycles. The molecule has 0 rings (SSSR count). The molecule has 0 aromatic carbocycles. The zero-order valence-electron chi connectivity index (χ0n) is 11.6. The van der Waals surface area contributed by atoms with E-state index in [-0.39, 0.29) is 36.4 Å². The number of nitrogens with two attached hydrogens (primary N) is 1. The maximum atomic E-state index is 11.8. The molecule has 4 atom stereocenters. The standard InChI is InChI=1S/C13H28N2O2/c1-9(6-5-7-11(3)14)13(17)15-12(4)10(2)8-16/h9-12,16H,5-8,14H2,1-4H3,(H,15,17). The van der Waals surface area contributed by atoms with Gasteiger partial charge in [0.2, 0.25) is 5.91 Å². The smallest absolute Gasteiger partial charge is 0.223 e.